The second-order valence-electron chi connectivity index (χ2n) is 4.22. The molecule has 0 spiro atoms. The first-order valence-electron chi connectivity index (χ1n) is 5.73. The fourth-order valence-corrected chi connectivity index (χ4v) is 1.89. The summed E-state index contributed by atoms with van der Waals surface area (Å²) in [5.41, 5.74) is 7.26. The monoisotopic (exact) mass is 281 g/mol. The number of aliphatic hydroxyl groups excluding tert-OH is 1. The number of aliphatic hydroxyl groups is 1. The van der Waals surface area contributed by atoms with E-state index in [-0.39, 0.29) is 12.2 Å². The van der Waals surface area contributed by atoms with Gasteiger partial charge in [-0.1, -0.05) is 17.5 Å². The Bertz CT molecular complexity index is 520. The third kappa shape index (κ3) is 4.25. The molecule has 0 radical (unpaired) electrons. The quantitative estimate of drug-likeness (QED) is 0.490. The van der Waals surface area contributed by atoms with E-state index >= 15 is 0 Å². The van der Waals surface area contributed by atoms with E-state index in [2.05, 4.69) is 5.92 Å². The van der Waals surface area contributed by atoms with E-state index in [0.29, 0.717) is 16.3 Å². The number of hydrogen-bond acceptors (Lipinski definition) is 4. The average molecular weight is 282 g/mol. The van der Waals surface area contributed by atoms with Crippen LogP contribution in [0.2, 0.25) is 5.02 Å². The van der Waals surface area contributed by atoms with Crippen LogP contribution < -0.4 is 5.73 Å². The number of Topliss-reactive ketones (excluding diaryl/α,β-unsaturated/α-hetero) is 1. The summed E-state index contributed by atoms with van der Waals surface area (Å²) >= 11 is 5.97. The highest BCUT2D eigenvalue weighted by molar-refractivity contribution is 6.33. The molecule has 1 rings (SSSR count). The molecule has 0 heterocycles. The molecule has 1 aromatic carbocycles. The lowest BCUT2D eigenvalue weighted by Gasteiger charge is -2.17. The van der Waals surface area contributed by atoms with Crippen molar-refractivity contribution in [3.63, 3.8) is 0 Å². The third-order valence-corrected chi connectivity index (χ3v) is 2.89. The van der Waals surface area contributed by atoms with E-state index in [9.17, 15) is 9.90 Å². The zero-order valence-electron chi connectivity index (χ0n) is 10.8. The van der Waals surface area contributed by atoms with Crippen LogP contribution in [-0.4, -0.2) is 23.3 Å². The van der Waals surface area contributed by atoms with Gasteiger partial charge >= 0.3 is 0 Å². The van der Waals surface area contributed by atoms with Gasteiger partial charge in [-0.3, -0.25) is 4.79 Å². The van der Waals surface area contributed by atoms with Crippen LogP contribution in [0.25, 0.3) is 0 Å². The number of rotatable bonds is 5. The van der Waals surface area contributed by atoms with Gasteiger partial charge < -0.3 is 15.6 Å². The van der Waals surface area contributed by atoms with Crippen molar-refractivity contribution in [3.8, 4) is 12.3 Å². The van der Waals surface area contributed by atoms with Gasteiger partial charge in [-0.25, -0.2) is 0 Å². The number of hydrogen-bond donors (Lipinski definition) is 2. The number of ketones is 1. The van der Waals surface area contributed by atoms with Crippen LogP contribution in [0.5, 0.6) is 0 Å². The van der Waals surface area contributed by atoms with Crippen molar-refractivity contribution >= 4 is 23.1 Å². The molecule has 19 heavy (non-hydrogen) atoms. The highest BCUT2D eigenvalue weighted by Gasteiger charge is 2.18. The Hall–Kier alpha value is -1.54. The molecule has 0 amide bonds. The summed E-state index contributed by atoms with van der Waals surface area (Å²) < 4.78 is 5.14. The molecule has 0 aromatic heterocycles. The lowest BCUT2D eigenvalue weighted by atomic mass is 10.0. The fourth-order valence-electron chi connectivity index (χ4n) is 1.65. The van der Waals surface area contributed by atoms with Crippen molar-refractivity contribution in [2.24, 2.45) is 0 Å². The lowest BCUT2D eigenvalue weighted by molar-refractivity contribution is -0.152. The number of terminal acetylenes is 1. The molecule has 102 valence electrons. The number of carbonyl (C=O) groups excluding carboxylic acids is 1. The van der Waals surface area contributed by atoms with E-state index in [0.717, 1.165) is 5.56 Å². The third-order valence-electron chi connectivity index (χ3n) is 2.58. The normalized spacial score (nSPS) is 13.6. The van der Waals surface area contributed by atoms with Gasteiger partial charge in [0.2, 0.25) is 0 Å². The minimum absolute atomic E-state index is 0.184. The smallest absolute Gasteiger partial charge is 0.158 e. The van der Waals surface area contributed by atoms with Gasteiger partial charge in [-0.15, -0.1) is 6.42 Å². The maximum atomic E-state index is 11.5. The Kier molecular flexibility index (Phi) is 5.37. The van der Waals surface area contributed by atoms with Crippen LogP contribution in [0.15, 0.2) is 12.1 Å². The number of anilines is 1. The molecule has 4 nitrogen and oxygen atoms in total. The van der Waals surface area contributed by atoms with Crippen molar-refractivity contribution < 1.29 is 14.6 Å². The second-order valence-corrected chi connectivity index (χ2v) is 4.63. The molecule has 0 bridgehead atoms. The fraction of sp³-hybridized carbons (Fsp3) is 0.357. The van der Waals surface area contributed by atoms with Gasteiger partial charge in [0, 0.05) is 12.0 Å². The summed E-state index contributed by atoms with van der Waals surface area (Å²) in [6.07, 6.45) is 3.84. The molecule has 3 N–H and O–H groups in total. The number of carbonyl (C=O) groups is 1. The zero-order valence-corrected chi connectivity index (χ0v) is 11.6. The summed E-state index contributed by atoms with van der Waals surface area (Å²) in [4.78, 5) is 11.5. The number of nitrogens with two attached hydrogens (primary N) is 1. The summed E-state index contributed by atoms with van der Waals surface area (Å²) in [7, 11) is 0. The molecule has 0 saturated heterocycles. The molecule has 0 aliphatic rings. The molecule has 0 fully saturated rings. The van der Waals surface area contributed by atoms with Crippen LogP contribution in [0.3, 0.4) is 0 Å². The van der Waals surface area contributed by atoms with Crippen LogP contribution >= 0.6 is 11.6 Å². The predicted octanol–water partition coefficient (Wildman–Crippen LogP) is 1.76. The van der Waals surface area contributed by atoms with Gasteiger partial charge in [0.1, 0.15) is 6.10 Å². The SMILES string of the molecule is C#Cc1cc(C[C@@H](OC(C)O)C(C)=O)cc(Cl)c1N. The maximum absolute atomic E-state index is 11.5. The Morgan fingerprint density at radius 3 is 2.74 bits per heavy atom. The van der Waals surface area contributed by atoms with E-state index in [1.165, 1.54) is 13.8 Å². The first-order chi connectivity index (χ1) is 8.85. The van der Waals surface area contributed by atoms with Gasteiger partial charge in [0.25, 0.3) is 0 Å². The Balaban J connectivity index is 3.01. The van der Waals surface area contributed by atoms with Crippen molar-refractivity contribution in [3.05, 3.63) is 28.3 Å². The molecule has 2 atom stereocenters. The molecule has 0 saturated carbocycles. The van der Waals surface area contributed by atoms with E-state index in [1.54, 1.807) is 12.1 Å². The lowest BCUT2D eigenvalue weighted by Crippen LogP contribution is -2.28. The molecule has 0 aliphatic carbocycles. The first kappa shape index (κ1) is 15.5. The number of halogens is 1. The van der Waals surface area contributed by atoms with E-state index in [1.807, 2.05) is 0 Å². The standard InChI is InChI=1S/C14H16ClNO3/c1-4-11-5-10(6-12(15)14(11)16)7-13(8(2)17)19-9(3)18/h1,5-6,9,13,18H,7,16H2,2-3H3/t9?,13-/m1/s1. The first-order valence-corrected chi connectivity index (χ1v) is 6.11. The van der Waals surface area contributed by atoms with E-state index in [4.69, 9.17) is 28.5 Å². The molecule has 5 heteroatoms. The maximum Gasteiger partial charge on any atom is 0.158 e. The summed E-state index contributed by atoms with van der Waals surface area (Å²) in [5.74, 6) is 2.25. The molecule has 1 unspecified atom stereocenters. The van der Waals surface area contributed by atoms with Gasteiger partial charge in [0.05, 0.1) is 10.7 Å². The van der Waals surface area contributed by atoms with Gasteiger partial charge in [0.15, 0.2) is 12.1 Å². The van der Waals surface area contributed by atoms with E-state index < -0.39 is 12.4 Å². The van der Waals surface area contributed by atoms with Crippen LogP contribution in [0.1, 0.15) is 25.0 Å². The summed E-state index contributed by atoms with van der Waals surface area (Å²) in [6.45, 7) is 2.84. The largest absolute Gasteiger partial charge is 0.397 e. The van der Waals surface area contributed by atoms with Crippen LogP contribution in [0.4, 0.5) is 5.69 Å². The molecule has 1 aromatic rings. The zero-order chi connectivity index (χ0) is 14.6. The number of benzene rings is 1. The predicted molar refractivity (Wildman–Crippen MR) is 74.7 cm³/mol. The van der Waals surface area contributed by atoms with Crippen LogP contribution in [-0.2, 0) is 16.0 Å². The number of nitrogen functional groups attached to an aromatic ring is 1. The highest BCUT2D eigenvalue weighted by Crippen LogP contribution is 2.25. The minimum Gasteiger partial charge on any atom is -0.397 e. The van der Waals surface area contributed by atoms with Crippen molar-refractivity contribution in [1.29, 1.82) is 0 Å². The second kappa shape index (κ2) is 6.58. The van der Waals surface area contributed by atoms with Crippen molar-refractivity contribution in [1.82, 2.24) is 0 Å². The van der Waals surface area contributed by atoms with Gasteiger partial charge in [-0.2, -0.15) is 0 Å². The summed E-state index contributed by atoms with van der Waals surface area (Å²) in [5, 5.41) is 9.53. The highest BCUT2D eigenvalue weighted by atomic mass is 35.5. The molecular weight excluding hydrogens is 266 g/mol. The van der Waals surface area contributed by atoms with Crippen LogP contribution in [0, 0.1) is 12.3 Å². The Morgan fingerprint density at radius 2 is 2.26 bits per heavy atom. The summed E-state index contributed by atoms with van der Waals surface area (Å²) in [6, 6.07) is 3.32. The number of ether oxygens (including phenoxy) is 1. The van der Waals surface area contributed by atoms with Crippen molar-refractivity contribution in [2.45, 2.75) is 32.7 Å². The average Bonchev–Trinajstić information content (AvgIpc) is 2.31. The topological polar surface area (TPSA) is 72.5 Å². The Labute approximate surface area is 117 Å². The Morgan fingerprint density at radius 1 is 1.63 bits per heavy atom. The minimum atomic E-state index is -1.02. The molecular formula is C14H16ClNO3. The van der Waals surface area contributed by atoms with Crippen molar-refractivity contribution in [2.75, 3.05) is 5.73 Å². The molecule has 0 aliphatic heterocycles. The van der Waals surface area contributed by atoms with Gasteiger partial charge in [-0.05, 0) is 31.5 Å².